The zero-order valence-electron chi connectivity index (χ0n) is 8.84. The molecule has 0 aliphatic carbocycles. The fourth-order valence-electron chi connectivity index (χ4n) is 1.22. The first kappa shape index (κ1) is 9.83. The first-order chi connectivity index (χ1) is 7.31. The molecule has 0 amide bonds. The highest BCUT2D eigenvalue weighted by Crippen LogP contribution is 2.22. The Labute approximate surface area is 88.4 Å². The fourth-order valence-corrected chi connectivity index (χ4v) is 1.22. The maximum atomic E-state index is 5.59. The van der Waals surface area contributed by atoms with Gasteiger partial charge in [-0.2, -0.15) is 0 Å². The minimum Gasteiger partial charge on any atom is -0.437 e. The number of rotatable bonds is 3. The number of hydrogen-bond donors (Lipinski definition) is 0. The summed E-state index contributed by atoms with van der Waals surface area (Å²) in [6.07, 6.45) is 6.06. The second-order valence-electron chi connectivity index (χ2n) is 3.44. The van der Waals surface area contributed by atoms with E-state index >= 15 is 0 Å². The van der Waals surface area contributed by atoms with Crippen molar-refractivity contribution in [2.45, 2.75) is 26.2 Å². The van der Waals surface area contributed by atoms with Crippen molar-refractivity contribution in [1.82, 2.24) is 15.0 Å². The van der Waals surface area contributed by atoms with Gasteiger partial charge in [0, 0.05) is 18.3 Å². The predicted molar refractivity (Wildman–Crippen MR) is 56.2 cm³/mol. The van der Waals surface area contributed by atoms with Crippen LogP contribution in [-0.4, -0.2) is 15.0 Å². The van der Waals surface area contributed by atoms with Crippen molar-refractivity contribution in [3.05, 3.63) is 30.5 Å². The molecule has 78 valence electrons. The lowest BCUT2D eigenvalue weighted by molar-refractivity contribution is 0.460. The molecular weight excluding hydrogens is 190 g/mol. The van der Waals surface area contributed by atoms with Crippen LogP contribution < -0.4 is 0 Å². The minimum atomic E-state index is 0.336. The Morgan fingerprint density at radius 2 is 2.00 bits per heavy atom. The minimum absolute atomic E-state index is 0.336. The summed E-state index contributed by atoms with van der Waals surface area (Å²) in [7, 11) is 0. The number of hydrogen-bond acceptors (Lipinski definition) is 4. The van der Waals surface area contributed by atoms with Crippen LogP contribution >= 0.6 is 0 Å². The van der Waals surface area contributed by atoms with Crippen molar-refractivity contribution in [3.8, 4) is 11.6 Å². The topological polar surface area (TPSA) is 51.8 Å². The Hall–Kier alpha value is -1.71. The number of nitrogens with zero attached hydrogens (tertiary/aromatic N) is 3. The number of aromatic nitrogens is 3. The third-order valence-electron chi connectivity index (χ3n) is 2.34. The van der Waals surface area contributed by atoms with Crippen molar-refractivity contribution in [1.29, 1.82) is 0 Å². The van der Waals surface area contributed by atoms with E-state index in [4.69, 9.17) is 4.42 Å². The first-order valence-corrected chi connectivity index (χ1v) is 5.04. The van der Waals surface area contributed by atoms with Crippen LogP contribution in [-0.2, 0) is 0 Å². The van der Waals surface area contributed by atoms with Crippen molar-refractivity contribution >= 4 is 0 Å². The van der Waals surface area contributed by atoms with Crippen LogP contribution in [0.5, 0.6) is 0 Å². The lowest BCUT2D eigenvalue weighted by Crippen LogP contribution is -1.89. The molecule has 0 aliphatic rings. The van der Waals surface area contributed by atoms with Gasteiger partial charge in [-0.25, -0.2) is 15.0 Å². The van der Waals surface area contributed by atoms with Gasteiger partial charge in [0.25, 0.3) is 0 Å². The van der Waals surface area contributed by atoms with Gasteiger partial charge in [-0.05, 0) is 12.5 Å². The summed E-state index contributed by atoms with van der Waals surface area (Å²) < 4.78 is 5.59. The molecule has 4 heteroatoms. The summed E-state index contributed by atoms with van der Waals surface area (Å²) in [5.41, 5.74) is 0. The standard InChI is InChI=1S/C11H13N3O/c1-3-8(2)11-14-7-9(15-11)10-12-5-4-6-13-10/h4-8H,3H2,1-2H3. The van der Waals surface area contributed by atoms with E-state index in [0.717, 1.165) is 12.3 Å². The molecule has 1 atom stereocenters. The molecule has 0 bridgehead atoms. The SMILES string of the molecule is CCC(C)c1ncc(-c2ncccn2)o1. The van der Waals surface area contributed by atoms with E-state index < -0.39 is 0 Å². The molecule has 0 aromatic carbocycles. The molecule has 0 spiro atoms. The van der Waals surface area contributed by atoms with Crippen molar-refractivity contribution in [3.63, 3.8) is 0 Å². The third-order valence-corrected chi connectivity index (χ3v) is 2.34. The Bertz CT molecular complexity index is 424. The van der Waals surface area contributed by atoms with E-state index in [1.807, 2.05) is 0 Å². The zero-order chi connectivity index (χ0) is 10.7. The van der Waals surface area contributed by atoms with E-state index in [2.05, 4.69) is 28.8 Å². The zero-order valence-corrected chi connectivity index (χ0v) is 8.84. The molecule has 2 aromatic rings. The van der Waals surface area contributed by atoms with Gasteiger partial charge < -0.3 is 4.42 Å². The average Bonchev–Trinajstić information content (AvgIpc) is 2.78. The van der Waals surface area contributed by atoms with Gasteiger partial charge in [0.1, 0.15) is 0 Å². The van der Waals surface area contributed by atoms with E-state index in [9.17, 15) is 0 Å². The first-order valence-electron chi connectivity index (χ1n) is 5.04. The number of oxazole rings is 1. The van der Waals surface area contributed by atoms with Crippen LogP contribution in [0, 0.1) is 0 Å². The van der Waals surface area contributed by atoms with Crippen LogP contribution in [0.4, 0.5) is 0 Å². The Kier molecular flexibility index (Phi) is 2.76. The molecule has 0 radical (unpaired) electrons. The van der Waals surface area contributed by atoms with Crippen LogP contribution in [0.25, 0.3) is 11.6 Å². The van der Waals surface area contributed by atoms with Gasteiger partial charge in [-0.15, -0.1) is 0 Å². The molecule has 0 N–H and O–H groups in total. The van der Waals surface area contributed by atoms with E-state index in [1.54, 1.807) is 24.7 Å². The molecule has 0 fully saturated rings. The van der Waals surface area contributed by atoms with Crippen molar-refractivity contribution < 1.29 is 4.42 Å². The van der Waals surface area contributed by atoms with Crippen molar-refractivity contribution in [2.75, 3.05) is 0 Å². The van der Waals surface area contributed by atoms with Gasteiger partial charge in [0.2, 0.25) is 0 Å². The van der Waals surface area contributed by atoms with Crippen molar-refractivity contribution in [2.24, 2.45) is 0 Å². The molecule has 0 saturated carbocycles. The van der Waals surface area contributed by atoms with Crippen LogP contribution in [0.3, 0.4) is 0 Å². The fraction of sp³-hybridized carbons (Fsp3) is 0.364. The smallest absolute Gasteiger partial charge is 0.197 e. The van der Waals surface area contributed by atoms with Crippen LogP contribution in [0.2, 0.25) is 0 Å². The molecule has 2 rings (SSSR count). The van der Waals surface area contributed by atoms with Gasteiger partial charge in [0.05, 0.1) is 6.20 Å². The molecule has 0 saturated heterocycles. The largest absolute Gasteiger partial charge is 0.437 e. The average molecular weight is 203 g/mol. The monoisotopic (exact) mass is 203 g/mol. The van der Waals surface area contributed by atoms with E-state index in [1.165, 1.54) is 0 Å². The normalized spacial score (nSPS) is 12.7. The summed E-state index contributed by atoms with van der Waals surface area (Å²) in [5.74, 6) is 2.30. The Morgan fingerprint density at radius 1 is 1.27 bits per heavy atom. The summed E-state index contributed by atoms with van der Waals surface area (Å²) >= 11 is 0. The highest BCUT2D eigenvalue weighted by atomic mass is 16.4. The predicted octanol–water partition coefficient (Wildman–Crippen LogP) is 2.65. The molecule has 15 heavy (non-hydrogen) atoms. The summed E-state index contributed by atoms with van der Waals surface area (Å²) in [5, 5.41) is 0. The van der Waals surface area contributed by atoms with Crippen LogP contribution in [0.1, 0.15) is 32.1 Å². The van der Waals surface area contributed by atoms with Gasteiger partial charge in [-0.1, -0.05) is 13.8 Å². The maximum Gasteiger partial charge on any atom is 0.197 e. The van der Waals surface area contributed by atoms with Gasteiger partial charge in [-0.3, -0.25) is 0 Å². The molecular formula is C11H13N3O. The molecule has 1 unspecified atom stereocenters. The molecule has 0 aliphatic heterocycles. The van der Waals surface area contributed by atoms with Gasteiger partial charge >= 0.3 is 0 Å². The highest BCUT2D eigenvalue weighted by Gasteiger charge is 2.12. The van der Waals surface area contributed by atoms with Gasteiger partial charge in [0.15, 0.2) is 17.5 Å². The summed E-state index contributed by atoms with van der Waals surface area (Å²) in [6, 6.07) is 1.77. The summed E-state index contributed by atoms with van der Waals surface area (Å²) in [4.78, 5) is 12.4. The quantitative estimate of drug-likeness (QED) is 0.769. The third kappa shape index (κ3) is 2.03. The van der Waals surface area contributed by atoms with E-state index in [0.29, 0.717) is 17.5 Å². The Balaban J connectivity index is 2.28. The lowest BCUT2D eigenvalue weighted by atomic mass is 10.1. The van der Waals surface area contributed by atoms with Crippen LogP contribution in [0.15, 0.2) is 29.1 Å². The van der Waals surface area contributed by atoms with E-state index in [-0.39, 0.29) is 0 Å². The second-order valence-corrected chi connectivity index (χ2v) is 3.44. The second kappa shape index (κ2) is 4.21. The summed E-state index contributed by atoms with van der Waals surface area (Å²) in [6.45, 7) is 4.19. The maximum absolute atomic E-state index is 5.59. The molecule has 2 heterocycles. The lowest BCUT2D eigenvalue weighted by Gasteiger charge is -2.00. The molecule has 4 nitrogen and oxygen atoms in total. The molecule has 2 aromatic heterocycles. The Morgan fingerprint density at radius 3 is 2.67 bits per heavy atom. The highest BCUT2D eigenvalue weighted by molar-refractivity contribution is 5.43.